The van der Waals surface area contributed by atoms with Crippen molar-refractivity contribution in [2.24, 2.45) is 4.99 Å². The molecule has 0 bridgehead atoms. The Hall–Kier alpha value is -1.03. The molecule has 1 saturated carbocycles. The molecule has 1 fully saturated rings. The summed E-state index contributed by atoms with van der Waals surface area (Å²) in [6.45, 7) is 2.71. The second-order valence-electron chi connectivity index (χ2n) is 5.77. The maximum absolute atomic E-state index is 13.1. The first-order chi connectivity index (χ1) is 11.6. The number of hydrogen-bond acceptors (Lipinski definition) is 3. The zero-order chi connectivity index (χ0) is 17.4. The minimum absolute atomic E-state index is 0. The second kappa shape index (κ2) is 11.6. The van der Waals surface area contributed by atoms with Crippen LogP contribution in [-0.4, -0.2) is 42.5 Å². The Balaban J connectivity index is 0.00000312. The molecule has 1 amide bonds. The highest BCUT2D eigenvalue weighted by Gasteiger charge is 2.24. The third-order valence-corrected chi connectivity index (χ3v) is 4.99. The molecule has 0 saturated heterocycles. The first-order valence-corrected chi connectivity index (χ1v) is 9.52. The summed E-state index contributed by atoms with van der Waals surface area (Å²) in [6.07, 6.45) is 5.58. The lowest BCUT2D eigenvalue weighted by molar-refractivity contribution is -0.114. The number of hydrogen-bond donors (Lipinski definition) is 3. The van der Waals surface area contributed by atoms with Crippen LogP contribution in [0.4, 0.5) is 10.1 Å². The molecular formula is C17H26FIN4OS. The maximum atomic E-state index is 13.1. The van der Waals surface area contributed by atoms with Gasteiger partial charge in [-0.1, -0.05) is 6.07 Å². The van der Waals surface area contributed by atoms with Gasteiger partial charge in [0.05, 0.1) is 0 Å². The zero-order valence-corrected chi connectivity index (χ0v) is 17.7. The summed E-state index contributed by atoms with van der Waals surface area (Å²) < 4.78 is 13.1. The standard InChI is InChI=1S/C17H25FN4OS.HI/c1-3-19-17(22-14-7-8-15(10-14)24-2)20-11-16(23)21-13-6-4-5-12(18)9-13;/h4-6,9,14-15H,3,7-8,10-11H2,1-2H3,(H,21,23)(H2,19,20,22);1H. The van der Waals surface area contributed by atoms with Gasteiger partial charge in [0, 0.05) is 23.5 Å². The molecule has 0 aliphatic heterocycles. The molecule has 2 rings (SSSR count). The molecule has 1 aromatic carbocycles. The van der Waals surface area contributed by atoms with Gasteiger partial charge in [-0.05, 0) is 50.6 Å². The number of guanidine groups is 1. The fourth-order valence-corrected chi connectivity index (χ4v) is 3.51. The number of halogens is 2. The molecule has 0 aromatic heterocycles. The van der Waals surface area contributed by atoms with Crippen LogP contribution >= 0.6 is 35.7 Å². The summed E-state index contributed by atoms with van der Waals surface area (Å²) in [5.74, 6) is 0.000693. The predicted molar refractivity (Wildman–Crippen MR) is 115 cm³/mol. The van der Waals surface area contributed by atoms with Gasteiger partial charge < -0.3 is 16.0 Å². The number of benzene rings is 1. The number of amides is 1. The first kappa shape index (κ1) is 22.0. The summed E-state index contributed by atoms with van der Waals surface area (Å²) in [5, 5.41) is 9.90. The Morgan fingerprint density at radius 2 is 2.20 bits per heavy atom. The van der Waals surface area contributed by atoms with Crippen molar-refractivity contribution in [3.8, 4) is 0 Å². The molecule has 3 N–H and O–H groups in total. The third kappa shape index (κ3) is 7.81. The number of nitrogens with zero attached hydrogens (tertiary/aromatic N) is 1. The van der Waals surface area contributed by atoms with Gasteiger partial charge in [0.15, 0.2) is 5.96 Å². The van der Waals surface area contributed by atoms with Crippen LogP contribution in [0.2, 0.25) is 0 Å². The molecule has 5 nitrogen and oxygen atoms in total. The highest BCUT2D eigenvalue weighted by atomic mass is 127. The number of rotatable bonds is 6. The van der Waals surface area contributed by atoms with E-state index in [4.69, 9.17) is 0 Å². The van der Waals surface area contributed by atoms with E-state index >= 15 is 0 Å². The minimum atomic E-state index is -0.379. The van der Waals surface area contributed by atoms with Gasteiger partial charge >= 0.3 is 0 Å². The quantitative estimate of drug-likeness (QED) is 0.333. The molecule has 1 aliphatic carbocycles. The summed E-state index contributed by atoms with van der Waals surface area (Å²) in [7, 11) is 0. The van der Waals surface area contributed by atoms with Gasteiger partial charge in [0.2, 0.25) is 5.91 Å². The number of anilines is 1. The van der Waals surface area contributed by atoms with Crippen molar-refractivity contribution in [1.82, 2.24) is 10.6 Å². The van der Waals surface area contributed by atoms with E-state index < -0.39 is 0 Å². The lowest BCUT2D eigenvalue weighted by Crippen LogP contribution is -2.43. The largest absolute Gasteiger partial charge is 0.357 e. The van der Waals surface area contributed by atoms with E-state index in [1.807, 2.05) is 18.7 Å². The summed E-state index contributed by atoms with van der Waals surface area (Å²) in [6, 6.07) is 6.22. The molecule has 140 valence electrons. The van der Waals surface area contributed by atoms with Crippen molar-refractivity contribution in [1.29, 1.82) is 0 Å². The van der Waals surface area contributed by atoms with Crippen LogP contribution in [0.1, 0.15) is 26.2 Å². The highest BCUT2D eigenvalue weighted by molar-refractivity contribution is 14.0. The Morgan fingerprint density at radius 1 is 1.40 bits per heavy atom. The van der Waals surface area contributed by atoms with Crippen LogP contribution < -0.4 is 16.0 Å². The third-order valence-electron chi connectivity index (χ3n) is 3.89. The van der Waals surface area contributed by atoms with Crippen molar-refractivity contribution >= 4 is 53.3 Å². The molecule has 1 aromatic rings. The van der Waals surface area contributed by atoms with Crippen molar-refractivity contribution in [2.45, 2.75) is 37.5 Å². The van der Waals surface area contributed by atoms with E-state index in [1.165, 1.54) is 18.6 Å². The van der Waals surface area contributed by atoms with E-state index in [2.05, 4.69) is 27.2 Å². The second-order valence-corrected chi connectivity index (χ2v) is 6.90. The minimum Gasteiger partial charge on any atom is -0.357 e. The SMILES string of the molecule is CCNC(=NCC(=O)Nc1cccc(F)c1)NC1CCC(SC)C1.I. The molecular weight excluding hydrogens is 454 g/mol. The smallest absolute Gasteiger partial charge is 0.246 e. The van der Waals surface area contributed by atoms with Gasteiger partial charge in [-0.2, -0.15) is 11.8 Å². The molecule has 1 aliphatic rings. The fourth-order valence-electron chi connectivity index (χ4n) is 2.72. The summed E-state index contributed by atoms with van der Waals surface area (Å²) in [4.78, 5) is 16.3. The lowest BCUT2D eigenvalue weighted by Gasteiger charge is -2.17. The highest BCUT2D eigenvalue weighted by Crippen LogP contribution is 2.27. The molecule has 0 radical (unpaired) electrons. The zero-order valence-electron chi connectivity index (χ0n) is 14.5. The lowest BCUT2D eigenvalue weighted by atomic mass is 10.2. The van der Waals surface area contributed by atoms with Crippen LogP contribution in [0.25, 0.3) is 0 Å². The molecule has 25 heavy (non-hydrogen) atoms. The Kier molecular flexibility index (Phi) is 10.2. The fraction of sp³-hybridized carbons (Fsp3) is 0.529. The Morgan fingerprint density at radius 3 is 2.84 bits per heavy atom. The maximum Gasteiger partial charge on any atom is 0.246 e. The number of thioether (sulfide) groups is 1. The summed E-state index contributed by atoms with van der Waals surface area (Å²) >= 11 is 1.90. The van der Waals surface area contributed by atoms with Crippen LogP contribution in [0, 0.1) is 5.82 Å². The van der Waals surface area contributed by atoms with Crippen LogP contribution in [-0.2, 0) is 4.79 Å². The number of nitrogens with one attached hydrogen (secondary N) is 3. The van der Waals surface area contributed by atoms with Crippen LogP contribution in [0.5, 0.6) is 0 Å². The number of carbonyl (C=O) groups excluding carboxylic acids is 1. The van der Waals surface area contributed by atoms with E-state index in [0.717, 1.165) is 19.4 Å². The number of carbonyl (C=O) groups is 1. The van der Waals surface area contributed by atoms with Crippen LogP contribution in [0.15, 0.2) is 29.3 Å². The van der Waals surface area contributed by atoms with Gasteiger partial charge in [0.1, 0.15) is 12.4 Å². The van der Waals surface area contributed by atoms with Gasteiger partial charge in [-0.15, -0.1) is 24.0 Å². The normalized spacial score (nSPS) is 19.9. The first-order valence-electron chi connectivity index (χ1n) is 8.23. The molecule has 2 atom stereocenters. The van der Waals surface area contributed by atoms with Crippen molar-refractivity contribution in [2.75, 3.05) is 24.7 Å². The topological polar surface area (TPSA) is 65.5 Å². The Bertz CT molecular complexity index is 588. The molecule has 2 unspecified atom stereocenters. The van der Waals surface area contributed by atoms with Crippen molar-refractivity contribution < 1.29 is 9.18 Å². The monoisotopic (exact) mass is 480 g/mol. The Labute approximate surface area is 170 Å². The molecule has 0 spiro atoms. The van der Waals surface area contributed by atoms with Gasteiger partial charge in [0.25, 0.3) is 0 Å². The molecule has 0 heterocycles. The van der Waals surface area contributed by atoms with Crippen molar-refractivity contribution in [3.63, 3.8) is 0 Å². The van der Waals surface area contributed by atoms with Gasteiger partial charge in [-0.25, -0.2) is 9.38 Å². The van der Waals surface area contributed by atoms with Crippen molar-refractivity contribution in [3.05, 3.63) is 30.1 Å². The van der Waals surface area contributed by atoms with Gasteiger partial charge in [-0.3, -0.25) is 4.79 Å². The summed E-state index contributed by atoms with van der Waals surface area (Å²) in [5.41, 5.74) is 0.437. The van der Waals surface area contributed by atoms with E-state index in [-0.39, 0.29) is 42.2 Å². The predicted octanol–water partition coefficient (Wildman–Crippen LogP) is 3.22. The van der Waals surface area contributed by atoms with E-state index in [0.29, 0.717) is 22.9 Å². The average Bonchev–Trinajstić information content (AvgIpc) is 3.00. The van der Waals surface area contributed by atoms with E-state index in [9.17, 15) is 9.18 Å². The average molecular weight is 480 g/mol. The molecule has 8 heteroatoms. The van der Waals surface area contributed by atoms with Crippen LogP contribution in [0.3, 0.4) is 0 Å². The van der Waals surface area contributed by atoms with E-state index in [1.54, 1.807) is 12.1 Å². The number of aliphatic imine (C=N–C) groups is 1.